The molecule has 2 aliphatic rings. The number of pyridine rings is 1. The van der Waals surface area contributed by atoms with Crippen molar-refractivity contribution in [3.63, 3.8) is 0 Å². The highest BCUT2D eigenvalue weighted by atomic mass is 79.9. The highest BCUT2D eigenvalue weighted by Gasteiger charge is 2.79. The fraction of sp³-hybridized carbons (Fsp3) is 0.280. The Balaban J connectivity index is 1.92. The van der Waals surface area contributed by atoms with Gasteiger partial charge in [-0.3, -0.25) is 14.0 Å². The van der Waals surface area contributed by atoms with E-state index in [9.17, 15) is 18.3 Å². The lowest BCUT2D eigenvalue weighted by atomic mass is 9.71. The molecular weight excluding hydrogens is 574 g/mol. The van der Waals surface area contributed by atoms with E-state index in [1.165, 1.54) is 19.4 Å². The van der Waals surface area contributed by atoms with Crippen molar-refractivity contribution in [2.75, 3.05) is 13.4 Å². The van der Waals surface area contributed by atoms with E-state index in [1.54, 1.807) is 54.6 Å². The molecule has 0 radical (unpaired) electrons. The first-order valence-electron chi connectivity index (χ1n) is 10.9. The Kier molecular flexibility index (Phi) is 6.16. The Morgan fingerprint density at radius 2 is 1.83 bits per heavy atom. The molecule has 1 aliphatic heterocycles. The summed E-state index contributed by atoms with van der Waals surface area (Å²) in [6.07, 6.45) is 0.539. The van der Waals surface area contributed by atoms with Crippen LogP contribution in [0, 0.1) is 5.92 Å². The fourth-order valence-electron chi connectivity index (χ4n) is 5.52. The van der Waals surface area contributed by atoms with Gasteiger partial charge in [0.05, 0.1) is 24.3 Å². The van der Waals surface area contributed by atoms with Crippen molar-refractivity contribution in [3.05, 3.63) is 93.2 Å². The van der Waals surface area contributed by atoms with E-state index < -0.39 is 45.2 Å². The quantitative estimate of drug-likeness (QED) is 0.350. The minimum Gasteiger partial charge on any atom is -0.476 e. The van der Waals surface area contributed by atoms with Crippen molar-refractivity contribution in [1.82, 2.24) is 4.98 Å². The molecule has 0 bridgehead atoms. The molecule has 0 spiro atoms. The van der Waals surface area contributed by atoms with Crippen molar-refractivity contribution < 1.29 is 32.0 Å². The van der Waals surface area contributed by atoms with Crippen LogP contribution in [0.15, 0.2) is 71.3 Å². The minimum atomic E-state index is -4.18. The molecule has 1 fully saturated rings. The van der Waals surface area contributed by atoms with Gasteiger partial charge < -0.3 is 14.6 Å². The van der Waals surface area contributed by atoms with Crippen molar-refractivity contribution in [3.8, 4) is 5.75 Å². The van der Waals surface area contributed by atoms with Gasteiger partial charge in [0, 0.05) is 22.7 Å². The zero-order valence-corrected chi connectivity index (χ0v) is 22.2. The number of aliphatic hydroxyl groups is 1. The maximum Gasteiger partial charge on any atom is 0.312 e. The first-order valence-corrected chi connectivity index (χ1v) is 13.9. The van der Waals surface area contributed by atoms with Gasteiger partial charge in [0.1, 0.15) is 17.5 Å². The highest BCUT2D eigenvalue weighted by Crippen LogP contribution is 2.69. The number of benzene rings is 2. The van der Waals surface area contributed by atoms with E-state index in [4.69, 9.17) is 25.3 Å². The van der Waals surface area contributed by atoms with E-state index >= 15 is 0 Å². The fourth-order valence-corrected chi connectivity index (χ4v) is 6.57. The Morgan fingerprint density at radius 3 is 2.44 bits per heavy atom. The van der Waals surface area contributed by atoms with Crippen molar-refractivity contribution in [2.24, 2.45) is 5.92 Å². The van der Waals surface area contributed by atoms with Crippen LogP contribution in [0.3, 0.4) is 0 Å². The predicted octanol–water partition coefficient (Wildman–Crippen LogP) is 3.90. The lowest BCUT2D eigenvalue weighted by Crippen LogP contribution is -2.53. The second kappa shape index (κ2) is 8.81. The topological polar surface area (TPSA) is 112 Å². The molecule has 1 aliphatic carbocycles. The van der Waals surface area contributed by atoms with Crippen molar-refractivity contribution in [1.29, 1.82) is 0 Å². The Labute approximate surface area is 221 Å². The summed E-state index contributed by atoms with van der Waals surface area (Å²) >= 11 is 9.63. The highest BCUT2D eigenvalue weighted by molar-refractivity contribution is 9.10. The molecule has 0 amide bonds. The van der Waals surface area contributed by atoms with Crippen LogP contribution in [0.2, 0.25) is 5.02 Å². The Morgan fingerprint density at radius 1 is 1.17 bits per heavy atom. The number of carbonyl (C=O) groups excluding carboxylic acids is 1. The van der Waals surface area contributed by atoms with Crippen LogP contribution >= 0.6 is 27.5 Å². The summed E-state index contributed by atoms with van der Waals surface area (Å²) in [6, 6.07) is 17.4. The zero-order valence-electron chi connectivity index (χ0n) is 19.1. The third-order valence-corrected chi connectivity index (χ3v) is 8.03. The van der Waals surface area contributed by atoms with Gasteiger partial charge in [-0.05, 0) is 23.3 Å². The SMILES string of the molecule is COC(=O)[C@H]1[C@@H](OS(C)(=O)=O)[C@@]2(O)c3ncc(Cl)cc3O[C@@]2(c2ccc(Br)cc2)[C@@H]1c1ccccc1. The summed E-state index contributed by atoms with van der Waals surface area (Å²) in [5, 5.41) is 12.9. The Bertz CT molecular complexity index is 1440. The van der Waals surface area contributed by atoms with Crippen LogP contribution in [-0.4, -0.2) is 43.9 Å². The Hall–Kier alpha value is -2.50. The maximum absolute atomic E-state index is 13.3. The lowest BCUT2D eigenvalue weighted by molar-refractivity contribution is -0.156. The first kappa shape index (κ1) is 25.2. The third kappa shape index (κ3) is 3.66. The number of hydrogen-bond donors (Lipinski definition) is 1. The number of methoxy groups -OCH3 is 1. The molecule has 3 aromatic rings. The molecular formula is C25H21BrClNO7S. The number of rotatable bonds is 5. The number of nitrogens with zero attached hydrogens (tertiary/aromatic N) is 1. The van der Waals surface area contributed by atoms with E-state index in [0.29, 0.717) is 11.1 Å². The summed E-state index contributed by atoms with van der Waals surface area (Å²) in [5.41, 5.74) is -2.87. The van der Waals surface area contributed by atoms with Crippen molar-refractivity contribution in [2.45, 2.75) is 23.2 Å². The molecule has 2 heterocycles. The molecule has 2 aromatic carbocycles. The lowest BCUT2D eigenvalue weighted by Gasteiger charge is -2.40. The van der Waals surface area contributed by atoms with Crippen LogP contribution in [0.4, 0.5) is 0 Å². The van der Waals surface area contributed by atoms with E-state index in [0.717, 1.165) is 10.7 Å². The molecule has 188 valence electrons. The van der Waals surface area contributed by atoms with Gasteiger partial charge in [-0.2, -0.15) is 8.42 Å². The number of fused-ring (bicyclic) bond motifs is 3. The predicted molar refractivity (Wildman–Crippen MR) is 134 cm³/mol. The number of hydrogen-bond acceptors (Lipinski definition) is 8. The maximum atomic E-state index is 13.3. The molecule has 1 aromatic heterocycles. The van der Waals surface area contributed by atoms with Crippen LogP contribution in [0.1, 0.15) is 22.7 Å². The van der Waals surface area contributed by atoms with Gasteiger partial charge in [-0.15, -0.1) is 0 Å². The molecule has 8 nitrogen and oxygen atoms in total. The summed E-state index contributed by atoms with van der Waals surface area (Å²) in [7, 11) is -2.98. The summed E-state index contributed by atoms with van der Waals surface area (Å²) < 4.78 is 43.0. The summed E-state index contributed by atoms with van der Waals surface area (Å²) in [5.74, 6) is -2.85. The average molecular weight is 595 g/mol. The standard InChI is InChI=1S/C25H21BrClNO7S/c1-33-23(29)19-20(14-6-4-3-5-7-14)25(15-8-10-16(26)11-9-15)24(30,22(19)35-36(2,31)32)21-18(34-25)12-17(27)13-28-21/h3-13,19-20,22,30H,1-2H3/t19-,20-,22-,24+,25+/m1/s1. The average Bonchev–Trinajstić information content (AvgIpc) is 3.21. The van der Waals surface area contributed by atoms with Gasteiger partial charge >= 0.3 is 5.97 Å². The molecule has 36 heavy (non-hydrogen) atoms. The second-order valence-electron chi connectivity index (χ2n) is 8.77. The van der Waals surface area contributed by atoms with E-state index in [1.807, 2.05) is 0 Å². The summed E-state index contributed by atoms with van der Waals surface area (Å²) in [4.78, 5) is 17.7. The van der Waals surface area contributed by atoms with Crippen LogP contribution in [-0.2, 0) is 35.0 Å². The van der Waals surface area contributed by atoms with Gasteiger partial charge in [0.2, 0.25) is 0 Å². The van der Waals surface area contributed by atoms with Crippen LogP contribution < -0.4 is 4.74 Å². The molecule has 0 unspecified atom stereocenters. The van der Waals surface area contributed by atoms with Gasteiger partial charge in [0.15, 0.2) is 11.2 Å². The number of ether oxygens (including phenoxy) is 2. The van der Waals surface area contributed by atoms with Crippen molar-refractivity contribution >= 4 is 43.6 Å². The van der Waals surface area contributed by atoms with Gasteiger partial charge in [-0.1, -0.05) is 70.0 Å². The normalized spacial score (nSPS) is 28.8. The second-order valence-corrected chi connectivity index (χ2v) is 11.7. The first-order chi connectivity index (χ1) is 17.0. The molecule has 11 heteroatoms. The third-order valence-electron chi connectivity index (χ3n) is 6.74. The molecule has 5 rings (SSSR count). The molecule has 0 saturated heterocycles. The largest absolute Gasteiger partial charge is 0.476 e. The minimum absolute atomic E-state index is 0.0100. The number of aromatic nitrogens is 1. The zero-order chi connectivity index (χ0) is 25.9. The smallest absolute Gasteiger partial charge is 0.312 e. The monoisotopic (exact) mass is 593 g/mol. The molecule has 1 N–H and O–H groups in total. The molecule has 1 saturated carbocycles. The van der Waals surface area contributed by atoms with E-state index in [-0.39, 0.29) is 16.5 Å². The van der Waals surface area contributed by atoms with Gasteiger partial charge in [-0.25, -0.2) is 0 Å². The summed E-state index contributed by atoms with van der Waals surface area (Å²) in [6.45, 7) is 0. The molecule has 5 atom stereocenters. The number of halogens is 2. The van der Waals surface area contributed by atoms with Crippen LogP contribution in [0.5, 0.6) is 5.75 Å². The number of carbonyl (C=O) groups is 1. The van der Waals surface area contributed by atoms with Gasteiger partial charge in [0.25, 0.3) is 10.1 Å². The van der Waals surface area contributed by atoms with Crippen LogP contribution in [0.25, 0.3) is 0 Å². The number of esters is 1. The van der Waals surface area contributed by atoms with E-state index in [2.05, 4.69) is 20.9 Å².